The largest absolute Gasteiger partial charge is 0.496 e. The molecule has 0 saturated heterocycles. The number of hydrogen-bond donors (Lipinski definition) is 2. The molecule has 0 fully saturated rings. The lowest BCUT2D eigenvalue weighted by molar-refractivity contribution is -0.143. The zero-order valence-electron chi connectivity index (χ0n) is 29.6. The lowest BCUT2D eigenvalue weighted by Gasteiger charge is -2.33. The van der Waals surface area contributed by atoms with Crippen LogP contribution in [0.25, 0.3) is 0 Å². The summed E-state index contributed by atoms with van der Waals surface area (Å²) in [4.78, 5) is 27.4. The van der Waals surface area contributed by atoms with Crippen molar-refractivity contribution in [2.24, 2.45) is 5.73 Å². The third kappa shape index (κ3) is 12.7. The molecule has 46 heavy (non-hydrogen) atoms. The number of carbonyl (C=O) groups excluding carboxylic acids is 2. The van der Waals surface area contributed by atoms with E-state index < -0.39 is 17.9 Å². The summed E-state index contributed by atoms with van der Waals surface area (Å²) >= 11 is 0. The van der Waals surface area contributed by atoms with Crippen molar-refractivity contribution in [3.63, 3.8) is 0 Å². The molecule has 260 valence electrons. The molecule has 0 aromatic heterocycles. The van der Waals surface area contributed by atoms with Gasteiger partial charge in [-0.05, 0) is 52.2 Å². The molecule has 0 radical (unpaired) electrons. The minimum atomic E-state index is -0.754. The molecule has 1 atom stereocenters. The van der Waals surface area contributed by atoms with Gasteiger partial charge in [-0.1, -0.05) is 96.1 Å². The van der Waals surface area contributed by atoms with E-state index in [1.807, 2.05) is 32.9 Å². The number of methoxy groups -OCH3 is 1. The smallest absolute Gasteiger partial charge is 0.337 e. The van der Waals surface area contributed by atoms with E-state index in [1.54, 1.807) is 14.0 Å². The second-order valence-electron chi connectivity index (χ2n) is 12.5. The first-order valence-corrected chi connectivity index (χ1v) is 17.8. The van der Waals surface area contributed by atoms with Crippen LogP contribution in [0.15, 0.2) is 40.7 Å². The molecule has 8 nitrogen and oxygen atoms in total. The van der Waals surface area contributed by atoms with E-state index >= 15 is 0 Å². The van der Waals surface area contributed by atoms with Crippen molar-refractivity contribution in [2.45, 2.75) is 137 Å². The zero-order chi connectivity index (χ0) is 33.7. The van der Waals surface area contributed by atoms with Crippen molar-refractivity contribution >= 4 is 11.9 Å². The Morgan fingerprint density at radius 2 is 1.48 bits per heavy atom. The molecule has 1 aliphatic rings. The van der Waals surface area contributed by atoms with Crippen LogP contribution in [-0.2, 0) is 30.2 Å². The number of rotatable bonds is 24. The molecule has 0 aliphatic carbocycles. The summed E-state index contributed by atoms with van der Waals surface area (Å²) in [6, 6.07) is 5.94. The highest BCUT2D eigenvalue weighted by Gasteiger charge is 2.41. The van der Waals surface area contributed by atoms with Gasteiger partial charge in [0.25, 0.3) is 0 Å². The van der Waals surface area contributed by atoms with Crippen LogP contribution in [-0.4, -0.2) is 51.5 Å². The number of allylic oxidation sites excluding steroid dienone is 1. The summed E-state index contributed by atoms with van der Waals surface area (Å²) in [6.45, 7) is 10.5. The molecular formula is C38H62N2O6. The summed E-state index contributed by atoms with van der Waals surface area (Å²) in [5, 5.41) is 3.27. The van der Waals surface area contributed by atoms with Crippen molar-refractivity contribution in [3.05, 3.63) is 51.9 Å². The number of nitrogens with two attached hydrogens (primary N) is 1. The Hall–Kier alpha value is -2.84. The van der Waals surface area contributed by atoms with E-state index in [0.29, 0.717) is 41.4 Å². The van der Waals surface area contributed by atoms with Gasteiger partial charge in [0.1, 0.15) is 5.75 Å². The number of benzene rings is 1. The molecule has 1 unspecified atom stereocenters. The number of ether oxygens (including phenoxy) is 4. The number of carbonyl (C=O) groups is 2. The van der Waals surface area contributed by atoms with Crippen molar-refractivity contribution in [1.29, 1.82) is 0 Å². The standard InChI is InChI=1S/C38H62N2O6/c1-7-9-10-11-12-13-14-15-16-17-18-19-20-22-30-23-21-24-32(43-6)34(30)36-33(38(42)46-28(3)4)29(5)40-31(27-44-26-25-39)35(36)37(41)45-8-2/h21,23-24,28,36,40H,7-20,22,25-27,39H2,1-6H3. The average molecular weight is 643 g/mol. The Balaban J connectivity index is 2.30. The number of hydrogen-bond acceptors (Lipinski definition) is 8. The monoisotopic (exact) mass is 642 g/mol. The molecule has 3 N–H and O–H groups in total. The Labute approximate surface area is 278 Å². The van der Waals surface area contributed by atoms with Crippen LogP contribution in [0, 0.1) is 0 Å². The molecule has 1 aromatic rings. The first-order chi connectivity index (χ1) is 22.3. The molecule has 0 bridgehead atoms. The fraction of sp³-hybridized carbons (Fsp3) is 0.684. The predicted octanol–water partition coefficient (Wildman–Crippen LogP) is 8.03. The fourth-order valence-electron chi connectivity index (χ4n) is 6.20. The van der Waals surface area contributed by atoms with Crippen LogP contribution in [0.1, 0.15) is 135 Å². The maximum Gasteiger partial charge on any atom is 0.337 e. The topological polar surface area (TPSA) is 109 Å². The number of unbranched alkanes of at least 4 members (excludes halogenated alkanes) is 12. The molecule has 0 amide bonds. The number of aryl methyl sites for hydroxylation is 1. The highest BCUT2D eigenvalue weighted by atomic mass is 16.5. The Bertz CT molecular complexity index is 1130. The number of esters is 2. The van der Waals surface area contributed by atoms with Gasteiger partial charge in [0.2, 0.25) is 0 Å². The van der Waals surface area contributed by atoms with Gasteiger partial charge in [-0.25, -0.2) is 9.59 Å². The lowest BCUT2D eigenvalue weighted by atomic mass is 9.77. The quantitative estimate of drug-likeness (QED) is 0.0862. The molecule has 8 heteroatoms. The molecule has 0 spiro atoms. The van der Waals surface area contributed by atoms with Gasteiger partial charge in [-0.2, -0.15) is 0 Å². The third-order valence-electron chi connectivity index (χ3n) is 8.43. The number of dihydropyridines is 1. The number of nitrogens with one attached hydrogen (secondary N) is 1. The van der Waals surface area contributed by atoms with Crippen molar-refractivity contribution in [1.82, 2.24) is 5.32 Å². The van der Waals surface area contributed by atoms with Crippen LogP contribution in [0.4, 0.5) is 0 Å². The molecule has 1 heterocycles. The molecule has 1 aliphatic heterocycles. The van der Waals surface area contributed by atoms with Crippen molar-refractivity contribution in [2.75, 3.05) is 33.5 Å². The molecule has 2 rings (SSSR count). The minimum Gasteiger partial charge on any atom is -0.496 e. The molecular weight excluding hydrogens is 580 g/mol. The zero-order valence-corrected chi connectivity index (χ0v) is 29.6. The van der Waals surface area contributed by atoms with Crippen molar-refractivity contribution < 1.29 is 28.5 Å². The second-order valence-corrected chi connectivity index (χ2v) is 12.5. The second kappa shape index (κ2) is 22.6. The van der Waals surface area contributed by atoms with E-state index in [1.165, 1.54) is 70.6 Å². The first kappa shape index (κ1) is 39.3. The van der Waals surface area contributed by atoms with E-state index in [4.69, 9.17) is 24.7 Å². The third-order valence-corrected chi connectivity index (χ3v) is 8.43. The van der Waals surface area contributed by atoms with Gasteiger partial charge in [0.15, 0.2) is 0 Å². The molecule has 1 aromatic carbocycles. The Morgan fingerprint density at radius 1 is 0.870 bits per heavy atom. The van der Waals surface area contributed by atoms with Gasteiger partial charge >= 0.3 is 11.9 Å². The van der Waals surface area contributed by atoms with Crippen molar-refractivity contribution in [3.8, 4) is 5.75 Å². The van der Waals surface area contributed by atoms with Gasteiger partial charge < -0.3 is 30.0 Å². The predicted molar refractivity (Wildman–Crippen MR) is 186 cm³/mol. The van der Waals surface area contributed by atoms with E-state index in [-0.39, 0.29) is 19.3 Å². The van der Waals surface area contributed by atoms with E-state index in [9.17, 15) is 9.59 Å². The van der Waals surface area contributed by atoms with Gasteiger partial charge in [-0.15, -0.1) is 0 Å². The normalized spacial score (nSPS) is 14.9. The maximum atomic E-state index is 13.7. The SMILES string of the molecule is CCCCCCCCCCCCCCCc1cccc(OC)c1C1C(C(=O)OC(C)C)=C(C)NC(COCCN)=C1C(=O)OCC. The summed E-state index contributed by atoms with van der Waals surface area (Å²) < 4.78 is 23.0. The summed E-state index contributed by atoms with van der Waals surface area (Å²) in [5.41, 5.74) is 9.37. The van der Waals surface area contributed by atoms with E-state index in [0.717, 1.165) is 30.4 Å². The highest BCUT2D eigenvalue weighted by Crippen LogP contribution is 2.45. The summed E-state index contributed by atoms with van der Waals surface area (Å²) in [7, 11) is 1.62. The van der Waals surface area contributed by atoms with Crippen LogP contribution in [0.2, 0.25) is 0 Å². The lowest BCUT2D eigenvalue weighted by Crippen LogP contribution is -2.36. The minimum absolute atomic E-state index is 0.120. The van der Waals surface area contributed by atoms with Gasteiger partial charge in [-0.3, -0.25) is 0 Å². The van der Waals surface area contributed by atoms with Crippen LogP contribution >= 0.6 is 0 Å². The average Bonchev–Trinajstić information content (AvgIpc) is 3.02. The molecule has 0 saturated carbocycles. The fourth-order valence-corrected chi connectivity index (χ4v) is 6.20. The highest BCUT2D eigenvalue weighted by molar-refractivity contribution is 6.00. The van der Waals surface area contributed by atoms with Gasteiger partial charge in [0.05, 0.1) is 55.8 Å². The Kier molecular flexibility index (Phi) is 19.4. The first-order valence-electron chi connectivity index (χ1n) is 17.8. The van der Waals surface area contributed by atoms with E-state index in [2.05, 4.69) is 18.3 Å². The van der Waals surface area contributed by atoms with Crippen LogP contribution in [0.3, 0.4) is 0 Å². The Morgan fingerprint density at radius 3 is 2.02 bits per heavy atom. The van der Waals surface area contributed by atoms with Crippen LogP contribution < -0.4 is 15.8 Å². The maximum absolute atomic E-state index is 13.7. The van der Waals surface area contributed by atoms with Gasteiger partial charge in [0, 0.05) is 17.8 Å². The summed E-state index contributed by atoms with van der Waals surface area (Å²) in [5.74, 6) is -1.13. The van der Waals surface area contributed by atoms with Crippen LogP contribution in [0.5, 0.6) is 5.75 Å². The summed E-state index contributed by atoms with van der Waals surface area (Å²) in [6.07, 6.45) is 17.2.